The number of hydrogen-bond donors (Lipinski definition) is 1. The minimum atomic E-state index is -0.205. The number of nitrogens with zero attached hydrogens (tertiary/aromatic N) is 3. The zero-order chi connectivity index (χ0) is 14.8. The van der Waals surface area contributed by atoms with Gasteiger partial charge in [0.2, 0.25) is 11.0 Å². The predicted octanol–water partition coefficient (Wildman–Crippen LogP) is 2.23. The fraction of sp³-hybridized carbons (Fsp3) is 0.357. The standard InChI is InChI=1S/C14H15FN4OS/c1-9-12-3-2-11(15)6-10(12)4-5-19(9)7-13(20)17-14-18-16-8-21-14/h2-3,6,8-9H,4-5,7H2,1H3,(H,17,18,20)/t9-/m0/s1. The lowest BCUT2D eigenvalue weighted by Crippen LogP contribution is -2.39. The van der Waals surface area contributed by atoms with Crippen molar-refractivity contribution in [2.45, 2.75) is 19.4 Å². The minimum Gasteiger partial charge on any atom is -0.299 e. The lowest BCUT2D eigenvalue weighted by Gasteiger charge is -2.34. The van der Waals surface area contributed by atoms with Crippen LogP contribution in [0.2, 0.25) is 0 Å². The molecule has 1 aliphatic heterocycles. The van der Waals surface area contributed by atoms with E-state index in [-0.39, 0.29) is 24.3 Å². The largest absolute Gasteiger partial charge is 0.299 e. The third-order valence-corrected chi connectivity index (χ3v) is 4.33. The average molecular weight is 306 g/mol. The molecule has 0 bridgehead atoms. The summed E-state index contributed by atoms with van der Waals surface area (Å²) in [5.74, 6) is -0.312. The molecule has 110 valence electrons. The van der Waals surface area contributed by atoms with Gasteiger partial charge in [0.1, 0.15) is 11.3 Å². The molecule has 1 aromatic heterocycles. The molecule has 2 heterocycles. The summed E-state index contributed by atoms with van der Waals surface area (Å²) in [6.45, 7) is 3.06. The van der Waals surface area contributed by atoms with Gasteiger partial charge < -0.3 is 0 Å². The van der Waals surface area contributed by atoms with Crippen molar-refractivity contribution in [3.63, 3.8) is 0 Å². The van der Waals surface area contributed by atoms with Crippen LogP contribution in [0, 0.1) is 5.82 Å². The Balaban J connectivity index is 1.67. The van der Waals surface area contributed by atoms with Crippen LogP contribution in [0.5, 0.6) is 0 Å². The van der Waals surface area contributed by atoms with E-state index in [2.05, 4.69) is 20.4 Å². The molecule has 0 fully saturated rings. The van der Waals surface area contributed by atoms with Gasteiger partial charge in [-0.2, -0.15) is 0 Å². The normalized spacial score (nSPS) is 18.3. The molecule has 3 rings (SSSR count). The van der Waals surface area contributed by atoms with Crippen molar-refractivity contribution in [3.05, 3.63) is 40.7 Å². The second kappa shape index (κ2) is 5.87. The van der Waals surface area contributed by atoms with E-state index in [0.29, 0.717) is 5.13 Å². The molecule has 0 saturated heterocycles. The van der Waals surface area contributed by atoms with Crippen molar-refractivity contribution in [2.24, 2.45) is 0 Å². The molecular weight excluding hydrogens is 291 g/mol. The van der Waals surface area contributed by atoms with Crippen LogP contribution in [-0.2, 0) is 11.2 Å². The van der Waals surface area contributed by atoms with Crippen molar-refractivity contribution in [1.29, 1.82) is 0 Å². The fourth-order valence-corrected chi connectivity index (χ4v) is 3.10. The van der Waals surface area contributed by atoms with Gasteiger partial charge in [0.05, 0.1) is 6.54 Å². The van der Waals surface area contributed by atoms with Crippen LogP contribution in [0.4, 0.5) is 9.52 Å². The Morgan fingerprint density at radius 1 is 1.57 bits per heavy atom. The quantitative estimate of drug-likeness (QED) is 0.945. The molecule has 1 aromatic carbocycles. The molecule has 0 aliphatic carbocycles. The maximum absolute atomic E-state index is 13.3. The summed E-state index contributed by atoms with van der Waals surface area (Å²) in [6.07, 6.45) is 0.753. The van der Waals surface area contributed by atoms with Gasteiger partial charge in [0.15, 0.2) is 0 Å². The van der Waals surface area contributed by atoms with E-state index in [0.717, 1.165) is 24.1 Å². The Labute approximate surface area is 125 Å². The Kier molecular flexibility index (Phi) is 3.94. The molecule has 0 saturated carbocycles. The van der Waals surface area contributed by atoms with Gasteiger partial charge in [0.25, 0.3) is 0 Å². The highest BCUT2D eigenvalue weighted by molar-refractivity contribution is 7.13. The smallest absolute Gasteiger partial charge is 0.240 e. The monoisotopic (exact) mass is 306 g/mol. The number of benzene rings is 1. The van der Waals surface area contributed by atoms with E-state index in [1.807, 2.05) is 13.0 Å². The number of rotatable bonds is 3. The first-order valence-electron chi connectivity index (χ1n) is 6.72. The van der Waals surface area contributed by atoms with Crippen LogP contribution in [0.3, 0.4) is 0 Å². The van der Waals surface area contributed by atoms with E-state index in [9.17, 15) is 9.18 Å². The lowest BCUT2D eigenvalue weighted by molar-refractivity contribution is -0.117. The van der Waals surface area contributed by atoms with Gasteiger partial charge in [-0.1, -0.05) is 17.4 Å². The summed E-state index contributed by atoms with van der Waals surface area (Å²) < 4.78 is 13.3. The lowest BCUT2D eigenvalue weighted by atomic mass is 9.93. The molecule has 0 spiro atoms. The summed E-state index contributed by atoms with van der Waals surface area (Å²) in [5.41, 5.74) is 3.69. The second-order valence-electron chi connectivity index (χ2n) is 5.03. The fourth-order valence-electron chi connectivity index (χ4n) is 2.64. The van der Waals surface area contributed by atoms with E-state index < -0.39 is 0 Å². The Morgan fingerprint density at radius 2 is 2.43 bits per heavy atom. The molecule has 0 radical (unpaired) electrons. The average Bonchev–Trinajstić information content (AvgIpc) is 2.94. The van der Waals surface area contributed by atoms with Gasteiger partial charge in [0, 0.05) is 12.6 Å². The van der Waals surface area contributed by atoms with Crippen molar-refractivity contribution in [2.75, 3.05) is 18.4 Å². The number of halogens is 1. The maximum Gasteiger partial charge on any atom is 0.240 e. The minimum absolute atomic E-state index is 0.0921. The summed E-state index contributed by atoms with van der Waals surface area (Å²) in [6, 6.07) is 4.96. The van der Waals surface area contributed by atoms with Crippen LogP contribution < -0.4 is 5.32 Å². The Morgan fingerprint density at radius 3 is 3.19 bits per heavy atom. The van der Waals surface area contributed by atoms with Crippen molar-refractivity contribution < 1.29 is 9.18 Å². The first kappa shape index (κ1) is 14.1. The maximum atomic E-state index is 13.3. The van der Waals surface area contributed by atoms with Gasteiger partial charge in [-0.15, -0.1) is 10.2 Å². The summed E-state index contributed by atoms with van der Waals surface area (Å²) in [4.78, 5) is 14.1. The molecule has 1 aliphatic rings. The van der Waals surface area contributed by atoms with Gasteiger partial charge in [-0.3, -0.25) is 15.0 Å². The number of aromatic nitrogens is 2. The van der Waals surface area contributed by atoms with Crippen molar-refractivity contribution in [1.82, 2.24) is 15.1 Å². The van der Waals surface area contributed by atoms with Crippen LogP contribution >= 0.6 is 11.3 Å². The van der Waals surface area contributed by atoms with E-state index >= 15 is 0 Å². The van der Waals surface area contributed by atoms with E-state index in [4.69, 9.17) is 0 Å². The number of carbonyl (C=O) groups excluding carboxylic acids is 1. The molecule has 7 heteroatoms. The van der Waals surface area contributed by atoms with Crippen LogP contribution in [-0.4, -0.2) is 34.1 Å². The van der Waals surface area contributed by atoms with Crippen LogP contribution in [0.25, 0.3) is 0 Å². The third-order valence-electron chi connectivity index (χ3n) is 3.72. The number of amides is 1. The third kappa shape index (κ3) is 3.08. The number of carbonyl (C=O) groups is 1. The SMILES string of the molecule is C[C@H]1c2ccc(F)cc2CCN1CC(=O)Nc1nncs1. The molecule has 0 unspecified atom stereocenters. The van der Waals surface area contributed by atoms with Gasteiger partial charge in [-0.25, -0.2) is 4.39 Å². The highest BCUT2D eigenvalue weighted by Gasteiger charge is 2.25. The Bertz CT molecular complexity index is 646. The topological polar surface area (TPSA) is 58.1 Å². The van der Waals surface area contributed by atoms with Crippen molar-refractivity contribution in [3.8, 4) is 0 Å². The zero-order valence-corrected chi connectivity index (χ0v) is 12.4. The first-order chi connectivity index (χ1) is 10.1. The summed E-state index contributed by atoms with van der Waals surface area (Å²) in [7, 11) is 0. The van der Waals surface area contributed by atoms with E-state index in [1.54, 1.807) is 11.6 Å². The second-order valence-corrected chi connectivity index (χ2v) is 5.86. The van der Waals surface area contributed by atoms with Crippen LogP contribution in [0.1, 0.15) is 24.1 Å². The Hall–Kier alpha value is -1.86. The molecule has 21 heavy (non-hydrogen) atoms. The number of fused-ring (bicyclic) bond motifs is 1. The summed E-state index contributed by atoms with van der Waals surface area (Å²) >= 11 is 1.29. The molecular formula is C14H15FN4OS. The number of nitrogens with one attached hydrogen (secondary N) is 1. The van der Waals surface area contributed by atoms with Gasteiger partial charge in [-0.05, 0) is 36.6 Å². The zero-order valence-electron chi connectivity index (χ0n) is 11.5. The summed E-state index contributed by atoms with van der Waals surface area (Å²) in [5, 5.41) is 10.7. The predicted molar refractivity (Wildman–Crippen MR) is 78.6 cm³/mol. The first-order valence-corrected chi connectivity index (χ1v) is 7.60. The number of anilines is 1. The van der Waals surface area contributed by atoms with Crippen LogP contribution in [0.15, 0.2) is 23.7 Å². The molecule has 2 aromatic rings. The molecule has 1 atom stereocenters. The van der Waals surface area contributed by atoms with E-state index in [1.165, 1.54) is 17.4 Å². The van der Waals surface area contributed by atoms with Crippen molar-refractivity contribution >= 4 is 22.4 Å². The molecule has 1 amide bonds. The highest BCUT2D eigenvalue weighted by atomic mass is 32.1. The highest BCUT2D eigenvalue weighted by Crippen LogP contribution is 2.29. The number of hydrogen-bond acceptors (Lipinski definition) is 5. The molecule has 1 N–H and O–H groups in total. The molecule has 5 nitrogen and oxygen atoms in total. The van der Waals surface area contributed by atoms with Gasteiger partial charge >= 0.3 is 0 Å².